The van der Waals surface area contributed by atoms with Crippen molar-refractivity contribution in [3.63, 3.8) is 0 Å². The molecule has 0 amide bonds. The highest BCUT2D eigenvalue weighted by Gasteiger charge is 2.18. The molecule has 0 saturated carbocycles. The largest absolute Gasteiger partial charge is 0.494 e. The molecule has 0 saturated heterocycles. The molecule has 2 rings (SSSR count). The molecule has 88 valence electrons. The Balaban J connectivity index is 2.41. The summed E-state index contributed by atoms with van der Waals surface area (Å²) in [6.07, 6.45) is 3.16. The summed E-state index contributed by atoms with van der Waals surface area (Å²) >= 11 is 0. The van der Waals surface area contributed by atoms with E-state index < -0.39 is 11.9 Å². The van der Waals surface area contributed by atoms with Gasteiger partial charge in [0.2, 0.25) is 0 Å². The number of benzene rings is 1. The van der Waals surface area contributed by atoms with Crippen LogP contribution in [0.4, 0.5) is 4.39 Å². The van der Waals surface area contributed by atoms with Crippen LogP contribution in [0.15, 0.2) is 36.8 Å². The Hall–Kier alpha value is -2.01. The SMILES string of the molecule is COc1cccc(C(O)c2cnccn2)c1F. The van der Waals surface area contributed by atoms with Crippen LogP contribution in [0, 0.1) is 5.82 Å². The second kappa shape index (κ2) is 4.88. The summed E-state index contributed by atoms with van der Waals surface area (Å²) in [5.41, 5.74) is 0.407. The molecule has 17 heavy (non-hydrogen) atoms. The van der Waals surface area contributed by atoms with Crippen molar-refractivity contribution in [2.24, 2.45) is 0 Å². The number of aliphatic hydroxyl groups is 1. The number of ether oxygens (including phenoxy) is 1. The van der Waals surface area contributed by atoms with Crippen molar-refractivity contribution in [3.05, 3.63) is 53.9 Å². The van der Waals surface area contributed by atoms with Crippen molar-refractivity contribution in [2.45, 2.75) is 6.10 Å². The van der Waals surface area contributed by atoms with Crippen LogP contribution in [0.3, 0.4) is 0 Å². The molecule has 1 unspecified atom stereocenters. The summed E-state index contributed by atoms with van der Waals surface area (Å²) in [6, 6.07) is 4.58. The maximum atomic E-state index is 13.9. The average Bonchev–Trinajstić information content (AvgIpc) is 2.39. The molecule has 1 aromatic heterocycles. The predicted molar refractivity (Wildman–Crippen MR) is 59.0 cm³/mol. The number of aromatic nitrogens is 2. The number of halogens is 1. The molecule has 1 heterocycles. The smallest absolute Gasteiger partial charge is 0.171 e. The zero-order valence-electron chi connectivity index (χ0n) is 9.17. The van der Waals surface area contributed by atoms with E-state index in [-0.39, 0.29) is 11.3 Å². The van der Waals surface area contributed by atoms with Crippen molar-refractivity contribution in [1.82, 2.24) is 9.97 Å². The lowest BCUT2D eigenvalue weighted by molar-refractivity contribution is 0.208. The summed E-state index contributed by atoms with van der Waals surface area (Å²) in [5, 5.41) is 9.99. The normalized spacial score (nSPS) is 12.2. The van der Waals surface area contributed by atoms with E-state index in [1.54, 1.807) is 6.07 Å². The lowest BCUT2D eigenvalue weighted by atomic mass is 10.1. The fraction of sp³-hybridized carbons (Fsp3) is 0.167. The summed E-state index contributed by atoms with van der Waals surface area (Å²) in [5.74, 6) is -0.501. The van der Waals surface area contributed by atoms with Gasteiger partial charge in [0, 0.05) is 18.0 Å². The van der Waals surface area contributed by atoms with Crippen LogP contribution in [0.2, 0.25) is 0 Å². The van der Waals surface area contributed by atoms with E-state index in [4.69, 9.17) is 4.74 Å². The summed E-state index contributed by atoms with van der Waals surface area (Å²) in [7, 11) is 1.37. The van der Waals surface area contributed by atoms with Gasteiger partial charge in [-0.25, -0.2) is 4.39 Å². The van der Waals surface area contributed by atoms with Crippen LogP contribution in [-0.4, -0.2) is 22.2 Å². The Labute approximate surface area is 97.7 Å². The first-order chi connectivity index (χ1) is 8.24. The van der Waals surface area contributed by atoms with Crippen molar-refractivity contribution in [2.75, 3.05) is 7.11 Å². The van der Waals surface area contributed by atoms with Crippen LogP contribution in [0.5, 0.6) is 5.75 Å². The number of hydrogen-bond donors (Lipinski definition) is 1. The molecule has 0 radical (unpaired) electrons. The first-order valence-electron chi connectivity index (χ1n) is 5.00. The third-order valence-corrected chi connectivity index (χ3v) is 2.37. The molecule has 2 aromatic rings. The molecular weight excluding hydrogens is 223 g/mol. The summed E-state index contributed by atoms with van der Waals surface area (Å²) in [6.45, 7) is 0. The Morgan fingerprint density at radius 1 is 1.35 bits per heavy atom. The zero-order chi connectivity index (χ0) is 12.3. The molecule has 0 aliphatic carbocycles. The average molecular weight is 234 g/mol. The number of hydrogen-bond acceptors (Lipinski definition) is 4. The van der Waals surface area contributed by atoms with Crippen LogP contribution in [-0.2, 0) is 0 Å². The molecule has 1 atom stereocenters. The van der Waals surface area contributed by atoms with Crippen molar-refractivity contribution >= 4 is 0 Å². The van der Waals surface area contributed by atoms with Crippen molar-refractivity contribution < 1.29 is 14.2 Å². The number of methoxy groups -OCH3 is 1. The molecule has 0 fully saturated rings. The minimum absolute atomic E-state index is 0.0884. The molecule has 0 spiro atoms. The molecular formula is C12H11FN2O2. The van der Waals surface area contributed by atoms with Gasteiger partial charge in [-0.3, -0.25) is 9.97 Å². The predicted octanol–water partition coefficient (Wildman–Crippen LogP) is 1.71. The lowest BCUT2D eigenvalue weighted by Crippen LogP contribution is -2.06. The van der Waals surface area contributed by atoms with E-state index in [0.717, 1.165) is 0 Å². The third-order valence-electron chi connectivity index (χ3n) is 2.37. The fourth-order valence-electron chi connectivity index (χ4n) is 1.51. The number of aliphatic hydroxyl groups excluding tert-OH is 1. The molecule has 0 aliphatic heterocycles. The molecule has 0 bridgehead atoms. The van der Waals surface area contributed by atoms with Gasteiger partial charge in [-0.2, -0.15) is 0 Å². The highest BCUT2D eigenvalue weighted by Crippen LogP contribution is 2.27. The molecule has 5 heteroatoms. The van der Waals surface area contributed by atoms with Gasteiger partial charge in [0.25, 0.3) is 0 Å². The third kappa shape index (κ3) is 2.24. The Bertz CT molecular complexity index is 505. The molecule has 4 nitrogen and oxygen atoms in total. The van der Waals surface area contributed by atoms with Gasteiger partial charge < -0.3 is 9.84 Å². The summed E-state index contributed by atoms with van der Waals surface area (Å²) in [4.78, 5) is 7.76. The van der Waals surface area contributed by atoms with Gasteiger partial charge in [-0.1, -0.05) is 12.1 Å². The van der Waals surface area contributed by atoms with Crippen molar-refractivity contribution in [3.8, 4) is 5.75 Å². The number of rotatable bonds is 3. The van der Waals surface area contributed by atoms with Gasteiger partial charge in [-0.15, -0.1) is 0 Å². The monoisotopic (exact) mass is 234 g/mol. The Kier molecular flexibility index (Phi) is 3.30. The molecule has 1 aromatic carbocycles. The standard InChI is InChI=1S/C12H11FN2O2/c1-17-10-4-2-3-8(11(10)13)12(16)9-7-14-5-6-15-9/h2-7,12,16H,1H3. The summed E-state index contributed by atoms with van der Waals surface area (Å²) < 4.78 is 18.7. The van der Waals surface area contributed by atoms with Crippen LogP contribution in [0.25, 0.3) is 0 Å². The quantitative estimate of drug-likeness (QED) is 0.878. The van der Waals surface area contributed by atoms with E-state index in [1.807, 2.05) is 0 Å². The zero-order valence-corrected chi connectivity index (χ0v) is 9.17. The second-order valence-corrected chi connectivity index (χ2v) is 3.40. The van der Waals surface area contributed by atoms with E-state index >= 15 is 0 Å². The Morgan fingerprint density at radius 2 is 2.18 bits per heavy atom. The molecule has 0 aliphatic rings. The van der Waals surface area contributed by atoms with Crippen LogP contribution in [0.1, 0.15) is 17.4 Å². The van der Waals surface area contributed by atoms with Gasteiger partial charge >= 0.3 is 0 Å². The maximum Gasteiger partial charge on any atom is 0.171 e. The maximum absolute atomic E-state index is 13.9. The molecule has 1 N–H and O–H groups in total. The Morgan fingerprint density at radius 3 is 2.82 bits per heavy atom. The lowest BCUT2D eigenvalue weighted by Gasteiger charge is -2.12. The van der Waals surface area contributed by atoms with Crippen molar-refractivity contribution in [1.29, 1.82) is 0 Å². The van der Waals surface area contributed by atoms with E-state index in [0.29, 0.717) is 5.69 Å². The topological polar surface area (TPSA) is 55.2 Å². The van der Waals surface area contributed by atoms with E-state index in [9.17, 15) is 9.50 Å². The van der Waals surface area contributed by atoms with Gasteiger partial charge in [-0.05, 0) is 6.07 Å². The first-order valence-corrected chi connectivity index (χ1v) is 5.00. The van der Waals surface area contributed by atoms with E-state index in [1.165, 1.54) is 37.8 Å². The van der Waals surface area contributed by atoms with Crippen LogP contribution < -0.4 is 4.74 Å². The highest BCUT2D eigenvalue weighted by atomic mass is 19.1. The fourth-order valence-corrected chi connectivity index (χ4v) is 1.51. The van der Waals surface area contributed by atoms with Gasteiger partial charge in [0.05, 0.1) is 19.0 Å². The first kappa shape index (κ1) is 11.5. The minimum atomic E-state index is -1.15. The van der Waals surface area contributed by atoms with E-state index in [2.05, 4.69) is 9.97 Å². The van der Waals surface area contributed by atoms with Gasteiger partial charge in [0.15, 0.2) is 11.6 Å². The van der Waals surface area contributed by atoms with Crippen LogP contribution >= 0.6 is 0 Å². The highest BCUT2D eigenvalue weighted by molar-refractivity contribution is 5.35. The second-order valence-electron chi connectivity index (χ2n) is 3.40. The number of nitrogens with zero attached hydrogens (tertiary/aromatic N) is 2. The van der Waals surface area contributed by atoms with Gasteiger partial charge in [0.1, 0.15) is 6.10 Å². The minimum Gasteiger partial charge on any atom is -0.494 e.